The fourth-order valence-electron chi connectivity index (χ4n) is 5.95. The highest BCUT2D eigenvalue weighted by Gasteiger charge is 2.31. The zero-order valence-electron chi connectivity index (χ0n) is 24.8. The Bertz CT molecular complexity index is 1660. The highest BCUT2D eigenvalue weighted by atomic mass is 35.5. The Morgan fingerprint density at radius 2 is 1.89 bits per heavy atom. The van der Waals surface area contributed by atoms with Crippen LogP contribution >= 0.6 is 11.6 Å². The van der Waals surface area contributed by atoms with E-state index in [0.717, 1.165) is 23.7 Å². The van der Waals surface area contributed by atoms with Crippen molar-refractivity contribution in [3.05, 3.63) is 65.8 Å². The normalized spacial score (nSPS) is 19.7. The number of anilines is 1. The molecule has 0 N–H and O–H groups in total. The number of likely N-dealkylation sites (N-methyl/N-ethyl adjacent to an activating group) is 1. The SMILES string of the molecule is C=C(F)COCN1CCN(c2nc(OC[C@@H]3C[C@@H](OC)CN3C)nc3c(F)c(-c4cccc5cccc(Cl)c45)ncc23)CC1. The average molecular weight is 625 g/mol. The minimum atomic E-state index is -0.570. The minimum absolute atomic E-state index is 0.0981. The minimum Gasteiger partial charge on any atom is -0.462 e. The van der Waals surface area contributed by atoms with Crippen molar-refractivity contribution >= 4 is 39.1 Å². The summed E-state index contributed by atoms with van der Waals surface area (Å²) < 4.78 is 46.6. The monoisotopic (exact) mass is 624 g/mol. The smallest absolute Gasteiger partial charge is 0.319 e. The number of rotatable bonds is 10. The van der Waals surface area contributed by atoms with Crippen molar-refractivity contribution in [1.29, 1.82) is 0 Å². The van der Waals surface area contributed by atoms with Gasteiger partial charge in [-0.25, -0.2) is 8.78 Å². The second kappa shape index (κ2) is 13.3. The van der Waals surface area contributed by atoms with Gasteiger partial charge in [-0.1, -0.05) is 48.5 Å². The fraction of sp³-hybridized carbons (Fsp3) is 0.406. The van der Waals surface area contributed by atoms with Crippen LogP contribution in [-0.2, 0) is 9.47 Å². The molecule has 0 spiro atoms. The van der Waals surface area contributed by atoms with Gasteiger partial charge in [0.2, 0.25) is 0 Å². The summed E-state index contributed by atoms with van der Waals surface area (Å²) >= 11 is 6.58. The Kier molecular flexibility index (Phi) is 9.20. The number of ether oxygens (including phenoxy) is 3. The number of aromatic nitrogens is 3. The van der Waals surface area contributed by atoms with Gasteiger partial charge >= 0.3 is 6.01 Å². The van der Waals surface area contributed by atoms with Crippen LogP contribution in [0.2, 0.25) is 5.02 Å². The number of likely N-dealkylation sites (tertiary alicyclic amines) is 1. The van der Waals surface area contributed by atoms with E-state index in [-0.39, 0.29) is 36.0 Å². The number of hydrogen-bond donors (Lipinski definition) is 0. The van der Waals surface area contributed by atoms with Crippen LogP contribution < -0.4 is 9.64 Å². The fourth-order valence-corrected chi connectivity index (χ4v) is 6.23. The molecule has 2 atom stereocenters. The van der Waals surface area contributed by atoms with Gasteiger partial charge in [-0.2, -0.15) is 9.97 Å². The molecule has 6 rings (SSSR count). The van der Waals surface area contributed by atoms with E-state index in [4.69, 9.17) is 30.8 Å². The van der Waals surface area contributed by atoms with E-state index < -0.39 is 11.6 Å². The predicted octanol–water partition coefficient (Wildman–Crippen LogP) is 5.31. The van der Waals surface area contributed by atoms with Crippen LogP contribution in [0.3, 0.4) is 0 Å². The molecule has 0 unspecified atom stereocenters. The number of nitrogens with zero attached hydrogens (tertiary/aromatic N) is 6. The standard InChI is InChI=1S/C32H35ClF2N6O3/c1-20(34)17-43-19-40-10-12-41(13-11-40)31-25-15-36-29(24-8-4-6-21-7-5-9-26(33)27(21)24)28(35)30(25)37-32(38-31)44-18-22-14-23(42-3)16-39(22)2/h4-9,15,22-23H,1,10-14,16-19H2,2-3H3/t22-,23+/m0/s1. The molecule has 2 aromatic carbocycles. The van der Waals surface area contributed by atoms with Crippen LogP contribution in [0.25, 0.3) is 32.9 Å². The van der Waals surface area contributed by atoms with Crippen molar-refractivity contribution in [2.75, 3.05) is 71.7 Å². The number of hydrogen-bond acceptors (Lipinski definition) is 9. The van der Waals surface area contributed by atoms with E-state index in [1.54, 1.807) is 19.4 Å². The topological polar surface area (TPSA) is 76.1 Å². The summed E-state index contributed by atoms with van der Waals surface area (Å²) in [7, 11) is 3.74. The zero-order chi connectivity index (χ0) is 30.8. The number of piperazine rings is 1. The molecule has 4 aromatic rings. The van der Waals surface area contributed by atoms with Crippen molar-refractivity contribution in [3.63, 3.8) is 0 Å². The largest absolute Gasteiger partial charge is 0.462 e. The lowest BCUT2D eigenvalue weighted by atomic mass is 10.0. The van der Waals surface area contributed by atoms with E-state index in [2.05, 4.69) is 31.2 Å². The molecule has 2 saturated heterocycles. The summed E-state index contributed by atoms with van der Waals surface area (Å²) in [6.07, 6.45) is 2.57. The maximum Gasteiger partial charge on any atom is 0.319 e. The number of halogens is 3. The lowest BCUT2D eigenvalue weighted by molar-refractivity contribution is 0.0317. The molecular formula is C32H35ClF2N6O3. The zero-order valence-corrected chi connectivity index (χ0v) is 25.6. The first-order valence-electron chi connectivity index (χ1n) is 14.6. The predicted molar refractivity (Wildman–Crippen MR) is 167 cm³/mol. The third kappa shape index (κ3) is 6.33. The Balaban J connectivity index is 1.35. The molecule has 44 heavy (non-hydrogen) atoms. The molecule has 12 heteroatoms. The number of benzene rings is 2. The quantitative estimate of drug-likeness (QED) is 0.233. The van der Waals surface area contributed by atoms with Gasteiger partial charge in [-0.15, -0.1) is 0 Å². The summed E-state index contributed by atoms with van der Waals surface area (Å²) in [4.78, 5) is 20.3. The first-order chi connectivity index (χ1) is 21.3. The molecule has 0 aliphatic carbocycles. The van der Waals surface area contributed by atoms with Crippen LogP contribution in [-0.4, -0.2) is 104 Å². The van der Waals surface area contributed by atoms with E-state index >= 15 is 4.39 Å². The molecule has 2 aliphatic rings. The second-order valence-corrected chi connectivity index (χ2v) is 11.7. The van der Waals surface area contributed by atoms with E-state index in [9.17, 15) is 4.39 Å². The Morgan fingerprint density at radius 1 is 1.11 bits per heavy atom. The number of fused-ring (bicyclic) bond motifs is 2. The van der Waals surface area contributed by atoms with Crippen LogP contribution in [0.15, 0.2) is 55.0 Å². The first-order valence-corrected chi connectivity index (χ1v) is 15.0. The highest BCUT2D eigenvalue weighted by molar-refractivity contribution is 6.36. The van der Waals surface area contributed by atoms with E-state index in [0.29, 0.717) is 61.3 Å². The molecule has 9 nitrogen and oxygen atoms in total. The van der Waals surface area contributed by atoms with Gasteiger partial charge in [-0.05, 0) is 24.9 Å². The molecule has 232 valence electrons. The lowest BCUT2D eigenvalue weighted by Gasteiger charge is -2.35. The molecule has 2 aromatic heterocycles. The molecule has 0 saturated carbocycles. The van der Waals surface area contributed by atoms with Crippen molar-refractivity contribution in [3.8, 4) is 17.3 Å². The van der Waals surface area contributed by atoms with E-state index in [1.807, 2.05) is 37.4 Å². The Morgan fingerprint density at radius 3 is 2.61 bits per heavy atom. The highest BCUT2D eigenvalue weighted by Crippen LogP contribution is 2.37. The van der Waals surface area contributed by atoms with Gasteiger partial charge in [-0.3, -0.25) is 14.8 Å². The number of pyridine rings is 1. The summed E-state index contributed by atoms with van der Waals surface area (Å²) in [5.74, 6) is -0.532. The number of methoxy groups -OCH3 is 1. The molecule has 0 bridgehead atoms. The van der Waals surface area contributed by atoms with Gasteiger partial charge in [0.25, 0.3) is 0 Å². The summed E-state index contributed by atoms with van der Waals surface area (Å²) in [5, 5.41) is 2.61. The molecule has 2 aliphatic heterocycles. The Labute approximate surface area is 260 Å². The summed E-state index contributed by atoms with van der Waals surface area (Å²) in [5.41, 5.74) is 0.861. The maximum absolute atomic E-state index is 16.6. The molecule has 4 heterocycles. The molecule has 0 amide bonds. The van der Waals surface area contributed by atoms with Crippen molar-refractivity contribution < 1.29 is 23.0 Å². The van der Waals surface area contributed by atoms with Crippen LogP contribution in [0.4, 0.5) is 14.6 Å². The van der Waals surface area contributed by atoms with Gasteiger partial charge in [0.05, 0.1) is 24.8 Å². The summed E-state index contributed by atoms with van der Waals surface area (Å²) in [6.45, 7) is 7.02. The van der Waals surface area contributed by atoms with Crippen molar-refractivity contribution in [2.24, 2.45) is 0 Å². The third-order valence-electron chi connectivity index (χ3n) is 8.34. The van der Waals surface area contributed by atoms with Crippen LogP contribution in [0.5, 0.6) is 6.01 Å². The van der Waals surface area contributed by atoms with E-state index in [1.165, 1.54) is 0 Å². The van der Waals surface area contributed by atoms with Crippen molar-refractivity contribution in [2.45, 2.75) is 18.6 Å². The Hall–Kier alpha value is -3.48. The molecule has 2 fully saturated rings. The third-order valence-corrected chi connectivity index (χ3v) is 8.66. The lowest BCUT2D eigenvalue weighted by Crippen LogP contribution is -2.47. The van der Waals surface area contributed by atoms with Gasteiger partial charge < -0.3 is 19.1 Å². The second-order valence-electron chi connectivity index (χ2n) is 11.3. The van der Waals surface area contributed by atoms with Crippen LogP contribution in [0.1, 0.15) is 6.42 Å². The molecule has 0 radical (unpaired) electrons. The summed E-state index contributed by atoms with van der Waals surface area (Å²) in [6, 6.07) is 11.4. The van der Waals surface area contributed by atoms with Gasteiger partial charge in [0.1, 0.15) is 29.5 Å². The maximum atomic E-state index is 16.6. The molecular weight excluding hydrogens is 590 g/mol. The van der Waals surface area contributed by atoms with Gasteiger partial charge in [0.15, 0.2) is 5.82 Å². The van der Waals surface area contributed by atoms with Gasteiger partial charge in [0, 0.05) is 68.0 Å². The van der Waals surface area contributed by atoms with Crippen molar-refractivity contribution in [1.82, 2.24) is 24.8 Å². The van der Waals surface area contributed by atoms with Crippen LogP contribution in [0, 0.1) is 5.82 Å². The average Bonchev–Trinajstić information content (AvgIpc) is 3.39. The first kappa shape index (κ1) is 30.5.